The molecule has 56 valence electrons. The minimum absolute atomic E-state index is 0.171. The van der Waals surface area contributed by atoms with Crippen LogP contribution in [0.5, 0.6) is 0 Å². The molecule has 2 unspecified atom stereocenters. The summed E-state index contributed by atoms with van der Waals surface area (Å²) in [6.07, 6.45) is 0.198. The molecular formula is C6H8O4. The van der Waals surface area contributed by atoms with Gasteiger partial charge in [0.15, 0.2) is 6.29 Å². The Balaban J connectivity index is 2.80. The molecule has 0 aromatic heterocycles. The number of carbonyl (C=O) groups excluding carboxylic acids is 1. The van der Waals surface area contributed by atoms with Crippen molar-refractivity contribution in [1.29, 1.82) is 0 Å². The normalized spacial score (nSPS) is 38.7. The lowest BCUT2D eigenvalue weighted by Gasteiger charge is -2.18. The maximum absolute atomic E-state index is 10.1. The molecule has 0 spiro atoms. The Bertz CT molecular complexity index is 186. The quantitative estimate of drug-likeness (QED) is 0.471. The van der Waals surface area contributed by atoms with Gasteiger partial charge in [-0.15, -0.1) is 0 Å². The lowest BCUT2D eigenvalue weighted by molar-refractivity contribution is -0.194. The Morgan fingerprint density at radius 1 is 1.90 bits per heavy atom. The van der Waals surface area contributed by atoms with Crippen LogP contribution in [-0.2, 0) is 9.53 Å². The predicted molar refractivity (Wildman–Crippen MR) is 31.9 cm³/mol. The molecule has 0 saturated heterocycles. The highest BCUT2D eigenvalue weighted by Gasteiger charge is 2.41. The third kappa shape index (κ3) is 0.913. The summed E-state index contributed by atoms with van der Waals surface area (Å²) in [4.78, 5) is 10.1. The maximum Gasteiger partial charge on any atom is 0.294 e. The van der Waals surface area contributed by atoms with Crippen LogP contribution in [0.2, 0.25) is 0 Å². The third-order valence-electron chi connectivity index (χ3n) is 1.31. The van der Waals surface area contributed by atoms with E-state index < -0.39 is 11.9 Å². The molecule has 1 heterocycles. The number of allylic oxidation sites excluding steroid dienone is 1. The molecule has 4 nitrogen and oxygen atoms in total. The van der Waals surface area contributed by atoms with Crippen molar-refractivity contribution in [1.82, 2.24) is 0 Å². The van der Waals surface area contributed by atoms with E-state index in [0.717, 1.165) is 0 Å². The van der Waals surface area contributed by atoms with Crippen molar-refractivity contribution in [2.24, 2.45) is 0 Å². The fraction of sp³-hybridized carbons (Fsp3) is 0.500. The fourth-order valence-corrected chi connectivity index (χ4v) is 0.788. The first-order chi connectivity index (χ1) is 4.58. The highest BCUT2D eigenvalue weighted by molar-refractivity contribution is 5.62. The summed E-state index contributed by atoms with van der Waals surface area (Å²) >= 11 is 0. The van der Waals surface area contributed by atoms with Crippen LogP contribution in [-0.4, -0.2) is 28.4 Å². The van der Waals surface area contributed by atoms with Crippen LogP contribution in [0.25, 0.3) is 0 Å². The Morgan fingerprint density at radius 2 is 2.50 bits per heavy atom. The van der Waals surface area contributed by atoms with Gasteiger partial charge in [-0.2, -0.15) is 0 Å². The molecule has 1 rings (SSSR count). The zero-order valence-electron chi connectivity index (χ0n) is 5.44. The second-order valence-corrected chi connectivity index (χ2v) is 2.19. The minimum atomic E-state index is -2.05. The molecule has 0 amide bonds. The lowest BCUT2D eigenvalue weighted by atomic mass is 10.2. The van der Waals surface area contributed by atoms with Crippen LogP contribution in [0.1, 0.15) is 6.92 Å². The molecule has 2 N–H and O–H groups in total. The van der Waals surface area contributed by atoms with E-state index in [0.29, 0.717) is 5.76 Å². The van der Waals surface area contributed by atoms with Crippen molar-refractivity contribution in [2.75, 3.05) is 0 Å². The monoisotopic (exact) mass is 144 g/mol. The van der Waals surface area contributed by atoms with E-state index in [9.17, 15) is 4.79 Å². The van der Waals surface area contributed by atoms with Crippen molar-refractivity contribution in [3.05, 3.63) is 11.8 Å². The average molecular weight is 144 g/mol. The molecule has 1 aliphatic rings. The molecular weight excluding hydrogens is 136 g/mol. The molecule has 2 atom stereocenters. The molecule has 0 radical (unpaired) electrons. The Kier molecular flexibility index (Phi) is 1.50. The van der Waals surface area contributed by atoms with Gasteiger partial charge in [0.2, 0.25) is 0 Å². The van der Waals surface area contributed by atoms with Gasteiger partial charge in [0.05, 0.1) is 5.76 Å². The maximum atomic E-state index is 10.1. The van der Waals surface area contributed by atoms with E-state index in [2.05, 4.69) is 4.74 Å². The van der Waals surface area contributed by atoms with E-state index in [4.69, 9.17) is 10.2 Å². The summed E-state index contributed by atoms with van der Waals surface area (Å²) in [5.74, 6) is -1.70. The highest BCUT2D eigenvalue weighted by Crippen LogP contribution is 2.23. The predicted octanol–water partition coefficient (Wildman–Crippen LogP) is -0.831. The number of hydrogen-bond acceptors (Lipinski definition) is 4. The molecule has 4 heteroatoms. The fourth-order valence-electron chi connectivity index (χ4n) is 0.788. The van der Waals surface area contributed by atoms with Crippen molar-refractivity contribution in [2.45, 2.75) is 18.8 Å². The van der Waals surface area contributed by atoms with E-state index in [1.165, 1.54) is 6.08 Å². The number of rotatable bonds is 1. The summed E-state index contributed by atoms with van der Waals surface area (Å²) in [7, 11) is 0. The average Bonchev–Trinajstić information content (AvgIpc) is 2.09. The van der Waals surface area contributed by atoms with Gasteiger partial charge in [0, 0.05) is 0 Å². The van der Waals surface area contributed by atoms with E-state index >= 15 is 0 Å². The van der Waals surface area contributed by atoms with Gasteiger partial charge >= 0.3 is 0 Å². The number of aliphatic hydroxyl groups is 2. The zero-order chi connectivity index (χ0) is 7.78. The molecule has 10 heavy (non-hydrogen) atoms. The minimum Gasteiger partial charge on any atom is -0.457 e. The SMILES string of the molecule is CC1=CC(O)C(O)(C=O)O1. The van der Waals surface area contributed by atoms with E-state index in [1.54, 1.807) is 6.92 Å². The molecule has 0 aliphatic carbocycles. The number of aldehydes is 1. The smallest absolute Gasteiger partial charge is 0.294 e. The standard InChI is InChI=1S/C6H8O4/c1-4-2-5(8)6(9,3-7)10-4/h2-3,5,8-9H,1H3. The van der Waals surface area contributed by atoms with Gasteiger partial charge < -0.3 is 14.9 Å². The van der Waals surface area contributed by atoms with Gasteiger partial charge in [-0.05, 0) is 13.0 Å². The molecule has 0 aromatic carbocycles. The first kappa shape index (κ1) is 7.24. The van der Waals surface area contributed by atoms with Gasteiger partial charge in [-0.1, -0.05) is 0 Å². The lowest BCUT2D eigenvalue weighted by Crippen LogP contribution is -2.41. The van der Waals surface area contributed by atoms with Crippen molar-refractivity contribution in [3.8, 4) is 0 Å². The molecule has 0 fully saturated rings. The number of hydrogen-bond donors (Lipinski definition) is 2. The van der Waals surface area contributed by atoms with Crippen LogP contribution >= 0.6 is 0 Å². The van der Waals surface area contributed by atoms with E-state index in [-0.39, 0.29) is 6.29 Å². The van der Waals surface area contributed by atoms with Crippen LogP contribution in [0.3, 0.4) is 0 Å². The second-order valence-electron chi connectivity index (χ2n) is 2.19. The van der Waals surface area contributed by atoms with Crippen LogP contribution in [0.4, 0.5) is 0 Å². The third-order valence-corrected chi connectivity index (χ3v) is 1.31. The van der Waals surface area contributed by atoms with Gasteiger partial charge in [0.25, 0.3) is 5.79 Å². The first-order valence-corrected chi connectivity index (χ1v) is 2.83. The molecule has 0 bridgehead atoms. The molecule has 0 aromatic rings. The Hall–Kier alpha value is -0.870. The highest BCUT2D eigenvalue weighted by atomic mass is 16.6. The van der Waals surface area contributed by atoms with Crippen molar-refractivity contribution < 1.29 is 19.7 Å². The summed E-state index contributed by atoms with van der Waals surface area (Å²) in [5.41, 5.74) is 0. The molecule has 0 saturated carbocycles. The second kappa shape index (κ2) is 2.07. The number of aliphatic hydroxyl groups excluding tert-OH is 1. The molecule has 1 aliphatic heterocycles. The summed E-state index contributed by atoms with van der Waals surface area (Å²) < 4.78 is 4.61. The van der Waals surface area contributed by atoms with Crippen LogP contribution < -0.4 is 0 Å². The van der Waals surface area contributed by atoms with Crippen LogP contribution in [0.15, 0.2) is 11.8 Å². The first-order valence-electron chi connectivity index (χ1n) is 2.83. The summed E-state index contributed by atoms with van der Waals surface area (Å²) in [5, 5.41) is 18.0. The number of carbonyl (C=O) groups is 1. The topological polar surface area (TPSA) is 66.8 Å². The van der Waals surface area contributed by atoms with Gasteiger partial charge in [-0.3, -0.25) is 4.79 Å². The summed E-state index contributed by atoms with van der Waals surface area (Å²) in [6.45, 7) is 1.55. The van der Waals surface area contributed by atoms with Gasteiger partial charge in [0.1, 0.15) is 6.10 Å². The van der Waals surface area contributed by atoms with E-state index in [1.807, 2.05) is 0 Å². The Labute approximate surface area is 57.7 Å². The largest absolute Gasteiger partial charge is 0.457 e. The van der Waals surface area contributed by atoms with Crippen molar-refractivity contribution in [3.63, 3.8) is 0 Å². The summed E-state index contributed by atoms with van der Waals surface area (Å²) in [6, 6.07) is 0. The zero-order valence-corrected chi connectivity index (χ0v) is 5.44. The van der Waals surface area contributed by atoms with Crippen molar-refractivity contribution >= 4 is 6.29 Å². The van der Waals surface area contributed by atoms with Crippen LogP contribution in [0, 0.1) is 0 Å². The Morgan fingerprint density at radius 3 is 2.70 bits per heavy atom. The number of ether oxygens (including phenoxy) is 1. The van der Waals surface area contributed by atoms with Gasteiger partial charge in [-0.25, -0.2) is 0 Å².